The van der Waals surface area contributed by atoms with Gasteiger partial charge in [-0.3, -0.25) is 9.69 Å². The highest BCUT2D eigenvalue weighted by atomic mass is 16.5. The molecule has 3 rings (SSSR count). The number of hydrogen-bond acceptors (Lipinski definition) is 3. The zero-order valence-electron chi connectivity index (χ0n) is 13.4. The van der Waals surface area contributed by atoms with Crippen molar-refractivity contribution in [1.82, 2.24) is 10.2 Å². The minimum atomic E-state index is 0.0692. The molecule has 120 valence electrons. The molecule has 1 amide bonds. The molecule has 0 radical (unpaired) electrons. The molecule has 2 aliphatic rings. The summed E-state index contributed by atoms with van der Waals surface area (Å²) in [7, 11) is 0. The Bertz CT molecular complexity index is 530. The van der Waals surface area contributed by atoms with Crippen molar-refractivity contribution in [1.29, 1.82) is 0 Å². The number of piperidine rings is 1. The average molecular weight is 302 g/mol. The number of ether oxygens (including phenoxy) is 1. The highest BCUT2D eigenvalue weighted by Gasteiger charge is 2.24. The zero-order valence-corrected chi connectivity index (χ0v) is 13.4. The number of nitrogens with one attached hydrogen (secondary N) is 1. The van der Waals surface area contributed by atoms with Crippen molar-refractivity contribution in [3.8, 4) is 0 Å². The van der Waals surface area contributed by atoms with E-state index in [9.17, 15) is 4.79 Å². The van der Waals surface area contributed by atoms with E-state index < -0.39 is 0 Å². The van der Waals surface area contributed by atoms with E-state index in [1.807, 2.05) is 0 Å². The summed E-state index contributed by atoms with van der Waals surface area (Å²) < 4.78 is 5.57. The van der Waals surface area contributed by atoms with Crippen LogP contribution in [-0.4, -0.2) is 36.5 Å². The molecule has 0 bridgehead atoms. The zero-order chi connectivity index (χ0) is 15.4. The van der Waals surface area contributed by atoms with E-state index in [1.54, 1.807) is 6.92 Å². The molecule has 1 saturated heterocycles. The van der Waals surface area contributed by atoms with Crippen LogP contribution in [0.15, 0.2) is 18.2 Å². The van der Waals surface area contributed by atoms with Gasteiger partial charge >= 0.3 is 0 Å². The van der Waals surface area contributed by atoms with Crippen molar-refractivity contribution in [3.63, 3.8) is 0 Å². The summed E-state index contributed by atoms with van der Waals surface area (Å²) in [5, 5.41) is 2.99. The van der Waals surface area contributed by atoms with Crippen LogP contribution >= 0.6 is 0 Å². The standard InChI is InChI=1S/C18H26N2O2/c1-14(21)19-11-17-7-2-3-9-20(17)12-15-5-4-6-16-13-22-10-8-18(15)16/h4-6,17H,2-3,7-13H2,1H3,(H,19,21). The lowest BCUT2D eigenvalue weighted by Gasteiger charge is -2.36. The van der Waals surface area contributed by atoms with Gasteiger partial charge in [0.15, 0.2) is 0 Å². The molecule has 4 heteroatoms. The molecule has 1 atom stereocenters. The number of amides is 1. The lowest BCUT2D eigenvalue weighted by atomic mass is 9.95. The van der Waals surface area contributed by atoms with Gasteiger partial charge in [-0.05, 0) is 42.5 Å². The molecule has 1 N–H and O–H groups in total. The van der Waals surface area contributed by atoms with Crippen LogP contribution in [-0.2, 0) is 29.1 Å². The third kappa shape index (κ3) is 3.68. The highest BCUT2D eigenvalue weighted by molar-refractivity contribution is 5.72. The van der Waals surface area contributed by atoms with Gasteiger partial charge < -0.3 is 10.1 Å². The number of benzene rings is 1. The lowest BCUT2D eigenvalue weighted by Crippen LogP contribution is -2.46. The molecule has 1 fully saturated rings. The van der Waals surface area contributed by atoms with Crippen LogP contribution in [0.25, 0.3) is 0 Å². The van der Waals surface area contributed by atoms with Gasteiger partial charge in [-0.2, -0.15) is 0 Å². The third-order valence-electron chi connectivity index (χ3n) is 4.83. The number of carbonyl (C=O) groups is 1. The fourth-order valence-electron chi connectivity index (χ4n) is 3.63. The van der Waals surface area contributed by atoms with Crippen molar-refractivity contribution < 1.29 is 9.53 Å². The Balaban J connectivity index is 1.71. The second-order valence-corrected chi connectivity index (χ2v) is 6.41. The largest absolute Gasteiger partial charge is 0.376 e. The molecule has 22 heavy (non-hydrogen) atoms. The molecular formula is C18H26N2O2. The normalized spacial score (nSPS) is 22.1. The molecule has 4 nitrogen and oxygen atoms in total. The van der Waals surface area contributed by atoms with Crippen molar-refractivity contribution in [2.24, 2.45) is 0 Å². The maximum atomic E-state index is 11.2. The second-order valence-electron chi connectivity index (χ2n) is 6.41. The quantitative estimate of drug-likeness (QED) is 0.927. The minimum Gasteiger partial charge on any atom is -0.376 e. The predicted octanol–water partition coefficient (Wildman–Crippen LogP) is 2.25. The highest BCUT2D eigenvalue weighted by Crippen LogP contribution is 2.25. The van der Waals surface area contributed by atoms with Gasteiger partial charge in [0.25, 0.3) is 0 Å². The van der Waals surface area contributed by atoms with E-state index in [0.29, 0.717) is 6.04 Å². The Morgan fingerprint density at radius 2 is 2.32 bits per heavy atom. The molecule has 0 aliphatic carbocycles. The smallest absolute Gasteiger partial charge is 0.216 e. The van der Waals surface area contributed by atoms with Gasteiger partial charge in [0, 0.05) is 26.1 Å². The van der Waals surface area contributed by atoms with Gasteiger partial charge in [0.2, 0.25) is 5.91 Å². The molecule has 1 unspecified atom stereocenters. The number of rotatable bonds is 4. The Labute approximate surface area is 132 Å². The predicted molar refractivity (Wildman–Crippen MR) is 86.5 cm³/mol. The van der Waals surface area contributed by atoms with Crippen molar-refractivity contribution in [2.45, 2.75) is 51.8 Å². The number of likely N-dealkylation sites (tertiary alicyclic amines) is 1. The third-order valence-corrected chi connectivity index (χ3v) is 4.83. The van der Waals surface area contributed by atoms with Crippen molar-refractivity contribution in [3.05, 3.63) is 34.9 Å². The fourth-order valence-corrected chi connectivity index (χ4v) is 3.63. The van der Waals surface area contributed by atoms with Crippen LogP contribution in [0, 0.1) is 0 Å². The SMILES string of the molecule is CC(=O)NCC1CCCCN1Cc1cccc2c1CCOC2. The first kappa shape index (κ1) is 15.5. The lowest BCUT2D eigenvalue weighted by molar-refractivity contribution is -0.119. The molecule has 2 aliphatic heterocycles. The van der Waals surface area contributed by atoms with Crippen LogP contribution in [0.4, 0.5) is 0 Å². The van der Waals surface area contributed by atoms with Crippen LogP contribution in [0.1, 0.15) is 42.9 Å². The van der Waals surface area contributed by atoms with Crippen LogP contribution in [0.2, 0.25) is 0 Å². The Kier molecular flexibility index (Phi) is 5.11. The minimum absolute atomic E-state index is 0.0692. The molecule has 2 heterocycles. The Hall–Kier alpha value is -1.39. The summed E-state index contributed by atoms with van der Waals surface area (Å²) in [5.41, 5.74) is 4.27. The average Bonchev–Trinajstić information content (AvgIpc) is 2.54. The Morgan fingerprint density at radius 1 is 1.41 bits per heavy atom. The fraction of sp³-hybridized carbons (Fsp3) is 0.611. The summed E-state index contributed by atoms with van der Waals surface area (Å²) in [6.45, 7) is 6.07. The first-order valence-corrected chi connectivity index (χ1v) is 8.40. The maximum Gasteiger partial charge on any atom is 0.216 e. The molecule has 1 aromatic rings. The monoisotopic (exact) mass is 302 g/mol. The number of fused-ring (bicyclic) bond motifs is 1. The summed E-state index contributed by atoms with van der Waals surface area (Å²) in [4.78, 5) is 13.7. The van der Waals surface area contributed by atoms with E-state index >= 15 is 0 Å². The van der Waals surface area contributed by atoms with Crippen LogP contribution < -0.4 is 5.32 Å². The summed E-state index contributed by atoms with van der Waals surface area (Å²) in [6.07, 6.45) is 4.73. The summed E-state index contributed by atoms with van der Waals surface area (Å²) >= 11 is 0. The Morgan fingerprint density at radius 3 is 3.18 bits per heavy atom. The van der Waals surface area contributed by atoms with Gasteiger partial charge in [-0.15, -0.1) is 0 Å². The first-order valence-electron chi connectivity index (χ1n) is 8.40. The summed E-state index contributed by atoms with van der Waals surface area (Å²) in [5.74, 6) is 0.0692. The molecule has 1 aromatic carbocycles. The molecule has 0 aromatic heterocycles. The van der Waals surface area contributed by atoms with E-state index in [2.05, 4.69) is 28.4 Å². The number of carbonyl (C=O) groups excluding carboxylic acids is 1. The molecular weight excluding hydrogens is 276 g/mol. The summed E-state index contributed by atoms with van der Waals surface area (Å²) in [6, 6.07) is 7.06. The van der Waals surface area contributed by atoms with E-state index in [-0.39, 0.29) is 5.91 Å². The topological polar surface area (TPSA) is 41.6 Å². The van der Waals surface area contributed by atoms with Gasteiger partial charge in [-0.25, -0.2) is 0 Å². The van der Waals surface area contributed by atoms with Gasteiger partial charge in [-0.1, -0.05) is 24.6 Å². The van der Waals surface area contributed by atoms with Crippen LogP contribution in [0.5, 0.6) is 0 Å². The van der Waals surface area contributed by atoms with Crippen molar-refractivity contribution >= 4 is 5.91 Å². The van der Waals surface area contributed by atoms with Crippen molar-refractivity contribution in [2.75, 3.05) is 19.7 Å². The molecule has 0 saturated carbocycles. The molecule has 0 spiro atoms. The number of nitrogens with zero attached hydrogens (tertiary/aromatic N) is 1. The number of hydrogen-bond donors (Lipinski definition) is 1. The first-order chi connectivity index (χ1) is 10.7. The second kappa shape index (κ2) is 7.25. The van der Waals surface area contributed by atoms with Crippen LogP contribution in [0.3, 0.4) is 0 Å². The maximum absolute atomic E-state index is 11.2. The van der Waals surface area contributed by atoms with E-state index in [4.69, 9.17) is 4.74 Å². The van der Waals surface area contributed by atoms with E-state index in [0.717, 1.165) is 39.3 Å². The van der Waals surface area contributed by atoms with E-state index in [1.165, 1.54) is 36.0 Å². The van der Waals surface area contributed by atoms with Gasteiger partial charge in [0.05, 0.1) is 13.2 Å². The van der Waals surface area contributed by atoms with Gasteiger partial charge in [0.1, 0.15) is 0 Å².